The van der Waals surface area contributed by atoms with Crippen molar-refractivity contribution in [2.45, 2.75) is 13.3 Å². The number of hydrogen-bond acceptors (Lipinski definition) is 3. The molecule has 1 saturated heterocycles. The normalized spacial score (nSPS) is 14.8. The number of nitrogens with one attached hydrogen (secondary N) is 3. The van der Waals surface area contributed by atoms with Gasteiger partial charge in [-0.25, -0.2) is 4.79 Å². The number of imide groups is 1. The number of benzene rings is 1. The van der Waals surface area contributed by atoms with Gasteiger partial charge in [0.05, 0.1) is 6.54 Å². The lowest BCUT2D eigenvalue weighted by Crippen LogP contribution is -2.43. The van der Waals surface area contributed by atoms with E-state index < -0.39 is 0 Å². The van der Waals surface area contributed by atoms with E-state index in [1.165, 1.54) is 10.5 Å². The fraction of sp³-hybridized carbons (Fsp3) is 0.438. The summed E-state index contributed by atoms with van der Waals surface area (Å²) in [4.78, 5) is 28.6. The van der Waals surface area contributed by atoms with Crippen LogP contribution in [-0.2, 0) is 11.2 Å². The van der Waals surface area contributed by atoms with Gasteiger partial charge in [-0.2, -0.15) is 0 Å². The first-order chi connectivity index (χ1) is 11.6. The highest BCUT2D eigenvalue weighted by molar-refractivity contribution is 6.30. The Morgan fingerprint density at radius 3 is 2.67 bits per heavy atom. The largest absolute Gasteiger partial charge is 0.357 e. The lowest BCUT2D eigenvalue weighted by Gasteiger charge is -2.15. The molecule has 24 heavy (non-hydrogen) atoms. The van der Waals surface area contributed by atoms with Crippen LogP contribution < -0.4 is 16.0 Å². The Bertz CT molecular complexity index is 587. The van der Waals surface area contributed by atoms with Gasteiger partial charge in [-0.3, -0.25) is 14.7 Å². The Labute approximate surface area is 146 Å². The number of nitrogens with zero attached hydrogens (tertiary/aromatic N) is 2. The third kappa shape index (κ3) is 5.42. The van der Waals surface area contributed by atoms with Crippen LogP contribution in [0.4, 0.5) is 4.79 Å². The monoisotopic (exact) mass is 351 g/mol. The van der Waals surface area contributed by atoms with E-state index in [9.17, 15) is 9.59 Å². The number of halogens is 1. The van der Waals surface area contributed by atoms with Crippen molar-refractivity contribution in [3.8, 4) is 0 Å². The quantitative estimate of drug-likeness (QED) is 0.388. The van der Waals surface area contributed by atoms with Gasteiger partial charge in [0.1, 0.15) is 0 Å². The average molecular weight is 352 g/mol. The Morgan fingerprint density at radius 1 is 1.29 bits per heavy atom. The van der Waals surface area contributed by atoms with Crippen molar-refractivity contribution in [2.24, 2.45) is 4.99 Å². The van der Waals surface area contributed by atoms with Gasteiger partial charge >= 0.3 is 6.03 Å². The number of aliphatic imine (C=N–C) groups is 1. The Balaban J connectivity index is 1.78. The van der Waals surface area contributed by atoms with Crippen LogP contribution in [0.2, 0.25) is 5.02 Å². The van der Waals surface area contributed by atoms with Crippen molar-refractivity contribution in [3.05, 3.63) is 34.9 Å². The minimum absolute atomic E-state index is 0.0775. The lowest BCUT2D eigenvalue weighted by atomic mass is 10.1. The molecule has 1 aromatic rings. The van der Waals surface area contributed by atoms with Crippen LogP contribution in [0.25, 0.3) is 0 Å². The van der Waals surface area contributed by atoms with E-state index in [1.54, 1.807) is 0 Å². The topological polar surface area (TPSA) is 85.8 Å². The molecule has 3 amide bonds. The molecule has 130 valence electrons. The number of carbonyl (C=O) groups is 2. The van der Waals surface area contributed by atoms with E-state index in [0.717, 1.165) is 18.0 Å². The highest BCUT2D eigenvalue weighted by Crippen LogP contribution is 2.09. The summed E-state index contributed by atoms with van der Waals surface area (Å²) in [5.41, 5.74) is 1.17. The molecule has 0 saturated carbocycles. The van der Waals surface area contributed by atoms with Gasteiger partial charge in [-0.1, -0.05) is 23.7 Å². The van der Waals surface area contributed by atoms with Gasteiger partial charge in [0.25, 0.3) is 0 Å². The zero-order valence-corrected chi connectivity index (χ0v) is 14.4. The first-order valence-electron chi connectivity index (χ1n) is 7.95. The summed E-state index contributed by atoms with van der Waals surface area (Å²) in [6, 6.07) is 7.35. The second-order valence-corrected chi connectivity index (χ2v) is 5.70. The van der Waals surface area contributed by atoms with Gasteiger partial charge in [0.2, 0.25) is 5.91 Å². The molecule has 0 aromatic heterocycles. The van der Waals surface area contributed by atoms with Crippen LogP contribution in [0.3, 0.4) is 0 Å². The van der Waals surface area contributed by atoms with Crippen LogP contribution in [0.5, 0.6) is 0 Å². The molecule has 0 unspecified atom stereocenters. The molecule has 2 rings (SSSR count). The van der Waals surface area contributed by atoms with Crippen LogP contribution >= 0.6 is 11.6 Å². The molecule has 1 aliphatic heterocycles. The maximum absolute atomic E-state index is 11.5. The first kappa shape index (κ1) is 18.1. The highest BCUT2D eigenvalue weighted by Gasteiger charge is 2.27. The summed E-state index contributed by atoms with van der Waals surface area (Å²) >= 11 is 5.87. The second-order valence-electron chi connectivity index (χ2n) is 5.27. The minimum atomic E-state index is -0.341. The van der Waals surface area contributed by atoms with E-state index in [4.69, 9.17) is 11.6 Å². The molecule has 1 aromatic carbocycles. The number of rotatable bonds is 7. The molecule has 0 atom stereocenters. The summed E-state index contributed by atoms with van der Waals surface area (Å²) < 4.78 is 0. The summed E-state index contributed by atoms with van der Waals surface area (Å²) in [6.45, 7) is 4.18. The number of guanidine groups is 1. The molecule has 0 bridgehead atoms. The Kier molecular flexibility index (Phi) is 6.87. The molecule has 7 nitrogen and oxygen atoms in total. The van der Waals surface area contributed by atoms with E-state index in [2.05, 4.69) is 20.9 Å². The molecule has 0 radical (unpaired) electrons. The van der Waals surface area contributed by atoms with Crippen LogP contribution in [0.1, 0.15) is 12.5 Å². The van der Waals surface area contributed by atoms with Crippen LogP contribution in [-0.4, -0.2) is 55.5 Å². The molecular weight excluding hydrogens is 330 g/mol. The van der Waals surface area contributed by atoms with Crippen molar-refractivity contribution >= 4 is 29.5 Å². The van der Waals surface area contributed by atoms with Crippen molar-refractivity contribution in [1.29, 1.82) is 0 Å². The van der Waals surface area contributed by atoms with Crippen molar-refractivity contribution in [1.82, 2.24) is 20.9 Å². The molecule has 0 spiro atoms. The van der Waals surface area contributed by atoms with Crippen LogP contribution in [0, 0.1) is 0 Å². The predicted octanol–water partition coefficient (Wildman–Crippen LogP) is 0.989. The maximum Gasteiger partial charge on any atom is 0.324 e. The van der Waals surface area contributed by atoms with Crippen LogP contribution in [0.15, 0.2) is 29.3 Å². The molecule has 3 N–H and O–H groups in total. The average Bonchev–Trinajstić information content (AvgIpc) is 2.88. The van der Waals surface area contributed by atoms with Gasteiger partial charge in [-0.15, -0.1) is 0 Å². The standard InChI is InChI=1S/C16H22ClN5O2/c1-2-18-15(19-8-7-12-3-5-13(17)6-4-12)20-9-10-22-14(23)11-21-16(22)24/h3-6H,2,7-11H2,1H3,(H,21,24)(H2,18,19,20). The van der Waals surface area contributed by atoms with Gasteiger partial charge in [0, 0.05) is 31.2 Å². The smallest absolute Gasteiger partial charge is 0.324 e. The fourth-order valence-electron chi connectivity index (χ4n) is 2.26. The molecule has 8 heteroatoms. The third-order valence-corrected chi connectivity index (χ3v) is 3.74. The highest BCUT2D eigenvalue weighted by atomic mass is 35.5. The Hall–Kier alpha value is -2.28. The van der Waals surface area contributed by atoms with Crippen molar-refractivity contribution in [2.75, 3.05) is 32.7 Å². The number of urea groups is 1. The van der Waals surface area contributed by atoms with E-state index >= 15 is 0 Å². The Morgan fingerprint density at radius 2 is 2.04 bits per heavy atom. The van der Waals surface area contributed by atoms with Crippen molar-refractivity contribution in [3.63, 3.8) is 0 Å². The lowest BCUT2D eigenvalue weighted by molar-refractivity contribution is -0.124. The summed E-state index contributed by atoms with van der Waals surface area (Å²) in [5, 5.41) is 9.48. The van der Waals surface area contributed by atoms with Gasteiger partial charge < -0.3 is 16.0 Å². The van der Waals surface area contributed by atoms with Crippen molar-refractivity contribution < 1.29 is 9.59 Å². The fourth-order valence-corrected chi connectivity index (χ4v) is 2.38. The van der Waals surface area contributed by atoms with E-state index in [0.29, 0.717) is 25.6 Å². The van der Waals surface area contributed by atoms with E-state index in [-0.39, 0.29) is 18.5 Å². The molecule has 0 aliphatic carbocycles. The number of hydrogen-bond donors (Lipinski definition) is 3. The zero-order valence-electron chi connectivity index (χ0n) is 13.6. The predicted molar refractivity (Wildman–Crippen MR) is 94.2 cm³/mol. The summed E-state index contributed by atoms with van der Waals surface area (Å²) in [6.07, 6.45) is 0.806. The zero-order chi connectivity index (χ0) is 17.4. The molecule has 1 heterocycles. The SMILES string of the molecule is CCNC(=NCCc1ccc(Cl)cc1)NCCN1C(=O)CNC1=O. The molecular formula is C16H22ClN5O2. The van der Waals surface area contributed by atoms with E-state index in [1.807, 2.05) is 31.2 Å². The number of amides is 3. The first-order valence-corrected chi connectivity index (χ1v) is 8.32. The number of carbonyl (C=O) groups excluding carboxylic acids is 2. The maximum atomic E-state index is 11.5. The molecule has 1 aliphatic rings. The van der Waals surface area contributed by atoms with Gasteiger partial charge in [0.15, 0.2) is 5.96 Å². The summed E-state index contributed by atoms with van der Waals surface area (Å²) in [5.74, 6) is 0.463. The molecule has 1 fully saturated rings. The second kappa shape index (κ2) is 9.12. The third-order valence-electron chi connectivity index (χ3n) is 3.49. The minimum Gasteiger partial charge on any atom is -0.357 e. The van der Waals surface area contributed by atoms with Gasteiger partial charge in [-0.05, 0) is 31.0 Å². The summed E-state index contributed by atoms with van der Waals surface area (Å²) in [7, 11) is 0.